The summed E-state index contributed by atoms with van der Waals surface area (Å²) in [6.45, 7) is 6.29. The van der Waals surface area contributed by atoms with E-state index in [0.717, 1.165) is 6.92 Å². The summed E-state index contributed by atoms with van der Waals surface area (Å²) in [5.41, 5.74) is 5.65. The number of carbonyl (C=O) groups is 15. The average molecular weight is 1270 g/mol. The van der Waals surface area contributed by atoms with Crippen LogP contribution < -0.4 is 58.9 Å². The third kappa shape index (κ3) is 25.5. The van der Waals surface area contributed by atoms with Gasteiger partial charge in [0.25, 0.3) is 5.91 Å². The fourth-order valence-electron chi connectivity index (χ4n) is 8.89. The van der Waals surface area contributed by atoms with Gasteiger partial charge in [0.15, 0.2) is 0 Å². The number of thioether (sulfide) groups is 1. The normalized spacial score (nSPS) is 15.9. The van der Waals surface area contributed by atoms with Gasteiger partial charge in [-0.15, -0.1) is 0 Å². The van der Waals surface area contributed by atoms with Gasteiger partial charge >= 0.3 is 11.9 Å². The van der Waals surface area contributed by atoms with Crippen molar-refractivity contribution in [3.05, 3.63) is 29.8 Å². The van der Waals surface area contributed by atoms with Crippen LogP contribution in [0.4, 0.5) is 0 Å². The van der Waals surface area contributed by atoms with E-state index in [1.807, 2.05) is 0 Å². The number of rotatable bonds is 39. The first kappa shape index (κ1) is 75.6. The first-order chi connectivity index (χ1) is 41.4. The van der Waals surface area contributed by atoms with Crippen LogP contribution in [0.15, 0.2) is 24.3 Å². The maximum Gasteiger partial charge on any atom is 0.303 e. The van der Waals surface area contributed by atoms with Crippen molar-refractivity contribution in [1.29, 1.82) is 0 Å². The van der Waals surface area contributed by atoms with Crippen LogP contribution in [0.2, 0.25) is 0 Å². The fourth-order valence-corrected chi connectivity index (χ4v) is 9.37. The summed E-state index contributed by atoms with van der Waals surface area (Å²) in [5.74, 6) is -16.5. The lowest BCUT2D eigenvalue weighted by atomic mass is 9.98. The van der Waals surface area contributed by atoms with Gasteiger partial charge in [-0.05, 0) is 80.1 Å². The Morgan fingerprint density at radius 2 is 1.09 bits per heavy atom. The number of nitrogens with zero attached hydrogens (tertiary/aromatic N) is 1. The lowest BCUT2D eigenvalue weighted by molar-refractivity contribution is -0.144. The summed E-state index contributed by atoms with van der Waals surface area (Å²) in [6, 6.07) is -9.09. The van der Waals surface area contributed by atoms with E-state index < -0.39 is 200 Å². The number of carboxylic acids is 2. The minimum atomic E-state index is -1.73. The molecule has 1 aromatic carbocycles. The quantitative estimate of drug-likeness (QED) is 0.0275. The SMILES string of the molecule is CCCC(NC(=O)[C@@H]1CCCN1C(=O)[C@@H](NC(=O)[C@@H](NC(=O)[C@H](CCC(=O)O)NC(=O)[C@H](CCC(=O)O)NC(C)=O)C(C)C)C(C)C)C(=O)C(=O)NCC(=O)N[C@@H](CCSC)C(=O)N[C@@H](CO)C(=O)N[C@@H](Cc1ccc(O)cc1)C(=O)N[C@@H](CO)C(N)=O. The number of hydrogen-bond donors (Lipinski definition) is 16. The predicted molar refractivity (Wildman–Crippen MR) is 312 cm³/mol. The summed E-state index contributed by atoms with van der Waals surface area (Å²) < 4.78 is 0. The van der Waals surface area contributed by atoms with E-state index in [1.165, 1.54) is 40.9 Å². The predicted octanol–water partition coefficient (Wildman–Crippen LogP) is -4.94. The molecule has 0 aliphatic carbocycles. The van der Waals surface area contributed by atoms with Crippen LogP contribution in [-0.4, -0.2) is 218 Å². The number of aromatic hydroxyl groups is 1. The number of phenolic OH excluding ortho intramolecular Hbond substituents is 1. The second-order valence-electron chi connectivity index (χ2n) is 21.4. The van der Waals surface area contributed by atoms with Gasteiger partial charge < -0.3 is 89.3 Å². The Kier molecular flexibility index (Phi) is 32.6. The molecule has 0 spiro atoms. The third-order valence-corrected chi connectivity index (χ3v) is 14.4. The van der Waals surface area contributed by atoms with Crippen molar-refractivity contribution in [2.45, 2.75) is 166 Å². The summed E-state index contributed by atoms with van der Waals surface area (Å²) in [7, 11) is 0. The zero-order chi connectivity index (χ0) is 66.5. The fraction of sp³-hybridized carbons (Fsp3) is 0.618. The molecule has 17 N–H and O–H groups in total. The van der Waals surface area contributed by atoms with Crippen molar-refractivity contribution in [2.24, 2.45) is 17.6 Å². The number of primary amides is 1. The number of Topliss-reactive ketones (excluding diaryl/α,β-unsaturated/α-hetero) is 1. The number of nitrogens with one attached hydrogen (secondary N) is 10. The molecule has 1 unspecified atom stereocenters. The number of ketones is 1. The van der Waals surface area contributed by atoms with E-state index in [0.29, 0.717) is 12.0 Å². The van der Waals surface area contributed by atoms with E-state index in [-0.39, 0.29) is 56.6 Å². The van der Waals surface area contributed by atoms with Crippen molar-refractivity contribution in [2.75, 3.05) is 38.3 Å². The van der Waals surface area contributed by atoms with Crippen LogP contribution in [0, 0.1) is 11.8 Å². The van der Waals surface area contributed by atoms with Crippen LogP contribution in [0.25, 0.3) is 0 Å². The van der Waals surface area contributed by atoms with Crippen molar-refractivity contribution in [1.82, 2.24) is 58.1 Å². The van der Waals surface area contributed by atoms with Gasteiger partial charge in [0.1, 0.15) is 60.1 Å². The molecule has 1 heterocycles. The molecule has 1 aliphatic heterocycles. The molecule has 490 valence electrons. The molecule has 12 amide bonds. The molecule has 88 heavy (non-hydrogen) atoms. The van der Waals surface area contributed by atoms with Crippen molar-refractivity contribution < 1.29 is 97.5 Å². The highest BCUT2D eigenvalue weighted by Crippen LogP contribution is 2.22. The maximum absolute atomic E-state index is 14.3. The lowest BCUT2D eigenvalue weighted by Gasteiger charge is -2.33. The highest BCUT2D eigenvalue weighted by Gasteiger charge is 2.42. The van der Waals surface area contributed by atoms with Gasteiger partial charge in [-0.2, -0.15) is 11.8 Å². The number of aliphatic carboxylic acids is 2. The maximum atomic E-state index is 14.3. The lowest BCUT2D eigenvalue weighted by Crippen LogP contribution is -2.61. The molecule has 1 fully saturated rings. The largest absolute Gasteiger partial charge is 0.508 e. The minimum absolute atomic E-state index is 0.0243. The summed E-state index contributed by atoms with van der Waals surface area (Å²) in [6.07, 6.45) is -0.0515. The van der Waals surface area contributed by atoms with Gasteiger partial charge in [0, 0.05) is 32.7 Å². The Hall–Kier alpha value is -8.46. The molecule has 33 heteroatoms. The Morgan fingerprint density at radius 1 is 0.602 bits per heavy atom. The molecule has 1 aliphatic rings. The molecular formula is C55H84N12O20S. The van der Waals surface area contributed by atoms with Crippen LogP contribution in [0.5, 0.6) is 5.75 Å². The second-order valence-corrected chi connectivity index (χ2v) is 22.4. The minimum Gasteiger partial charge on any atom is -0.508 e. The standard InChI is InChI=1S/C55H84N12O20S/c1-8-10-32(45(77)54(86)57-24-40(72)59-35(20-22-88-7)48(80)64-38(26-69)51(83)62-36(23-30-12-14-31(71)15-13-30)50(82)63-37(25-68)46(56)78)60-52(84)39-11-9-21-67(39)55(87)44(28(4)5)66-53(85)43(27(2)3)65-49(81)34(17-19-42(75)76)61-47(79)33(58-29(6)70)16-18-41(73)74/h12-15,27-28,32-39,43-44,68-69,71H,8-11,16-26H2,1-7H3,(H2,56,78)(H,57,86)(H,58,70)(H,59,72)(H,60,84)(H,61,79)(H,62,83)(H,63,82)(H,64,80)(H,65,81)(H,66,85)(H,73,74)(H,75,76)/t32?,33-,34-,35-,36-,37-,38-,39-,43-,44-/m0/s1. The Balaban J connectivity index is 2.20. The zero-order valence-electron chi connectivity index (χ0n) is 50.1. The monoisotopic (exact) mass is 1260 g/mol. The number of carboxylic acid groups (broad SMARTS) is 2. The highest BCUT2D eigenvalue weighted by atomic mass is 32.2. The van der Waals surface area contributed by atoms with E-state index in [4.69, 9.17) is 10.8 Å². The zero-order valence-corrected chi connectivity index (χ0v) is 51.0. The molecule has 2 rings (SSSR count). The third-order valence-electron chi connectivity index (χ3n) is 13.7. The number of amides is 12. The van der Waals surface area contributed by atoms with Gasteiger partial charge in [-0.1, -0.05) is 53.2 Å². The average Bonchev–Trinajstić information content (AvgIpc) is 3.98. The van der Waals surface area contributed by atoms with Crippen molar-refractivity contribution >= 4 is 100 Å². The first-order valence-electron chi connectivity index (χ1n) is 28.4. The van der Waals surface area contributed by atoms with E-state index in [9.17, 15) is 92.3 Å². The van der Waals surface area contributed by atoms with Crippen LogP contribution >= 0.6 is 11.8 Å². The summed E-state index contributed by atoms with van der Waals surface area (Å²) >= 11 is 1.28. The first-order valence-corrected chi connectivity index (χ1v) is 29.8. The number of benzene rings is 1. The number of likely N-dealkylation sites (tertiary alicyclic amines) is 1. The van der Waals surface area contributed by atoms with E-state index in [1.54, 1.807) is 40.9 Å². The number of aliphatic hydroxyl groups excluding tert-OH is 2. The van der Waals surface area contributed by atoms with Crippen molar-refractivity contribution in [3.8, 4) is 5.75 Å². The van der Waals surface area contributed by atoms with Gasteiger partial charge in [-0.25, -0.2) is 0 Å². The van der Waals surface area contributed by atoms with Crippen molar-refractivity contribution in [3.63, 3.8) is 0 Å². The number of nitrogens with two attached hydrogens (primary N) is 1. The number of aliphatic hydroxyl groups is 2. The molecule has 0 aromatic heterocycles. The number of hydrogen-bond acceptors (Lipinski definition) is 19. The van der Waals surface area contributed by atoms with Crippen LogP contribution in [0.3, 0.4) is 0 Å². The van der Waals surface area contributed by atoms with Crippen LogP contribution in [-0.2, 0) is 78.3 Å². The Bertz CT molecular complexity index is 2660. The van der Waals surface area contributed by atoms with Gasteiger partial charge in [0.05, 0.1) is 25.8 Å². The molecule has 32 nitrogen and oxygen atoms in total. The molecule has 1 aromatic rings. The van der Waals surface area contributed by atoms with Gasteiger partial charge in [0.2, 0.25) is 70.8 Å². The van der Waals surface area contributed by atoms with Crippen LogP contribution in [0.1, 0.15) is 105 Å². The smallest absolute Gasteiger partial charge is 0.303 e. The van der Waals surface area contributed by atoms with Gasteiger partial charge in [-0.3, -0.25) is 71.9 Å². The molecule has 0 radical (unpaired) electrons. The summed E-state index contributed by atoms with van der Waals surface area (Å²) in [5, 5.41) is 71.7. The second kappa shape index (κ2) is 38.0. The molecule has 0 saturated carbocycles. The molecule has 0 bridgehead atoms. The summed E-state index contributed by atoms with van der Waals surface area (Å²) in [4.78, 5) is 197. The highest BCUT2D eigenvalue weighted by molar-refractivity contribution is 7.98. The Morgan fingerprint density at radius 3 is 1.60 bits per heavy atom. The van der Waals surface area contributed by atoms with E-state index in [2.05, 4.69) is 53.2 Å². The molecular weight excluding hydrogens is 1180 g/mol. The topological polar surface area (TPSA) is 507 Å². The number of phenols is 1. The number of carbonyl (C=O) groups excluding carboxylic acids is 13. The molecule has 10 atom stereocenters. The Labute approximate surface area is 511 Å². The molecule has 1 saturated heterocycles. The van der Waals surface area contributed by atoms with E-state index >= 15 is 0 Å².